The molecule has 0 aliphatic heterocycles. The normalized spacial score (nSPS) is 10.7. The smallest absolute Gasteiger partial charge is 0.123 e. The molecule has 0 bridgehead atoms. The van der Waals surface area contributed by atoms with Gasteiger partial charge in [-0.25, -0.2) is 0 Å². The lowest BCUT2D eigenvalue weighted by Crippen LogP contribution is -1.76. The van der Waals surface area contributed by atoms with Gasteiger partial charge in [-0.05, 0) is 25.5 Å². The SMILES string of the molecule is [CH2]C=Cc1ccc(C)cc1O. The van der Waals surface area contributed by atoms with E-state index >= 15 is 0 Å². The van der Waals surface area contributed by atoms with Crippen molar-refractivity contribution < 1.29 is 5.11 Å². The van der Waals surface area contributed by atoms with E-state index in [0.29, 0.717) is 5.75 Å². The van der Waals surface area contributed by atoms with E-state index in [-0.39, 0.29) is 0 Å². The van der Waals surface area contributed by atoms with Gasteiger partial charge in [-0.2, -0.15) is 0 Å². The summed E-state index contributed by atoms with van der Waals surface area (Å²) >= 11 is 0. The highest BCUT2D eigenvalue weighted by Gasteiger charge is 1.94. The maximum atomic E-state index is 9.34. The minimum absolute atomic E-state index is 0.310. The predicted molar refractivity (Wildman–Crippen MR) is 47.2 cm³/mol. The van der Waals surface area contributed by atoms with Gasteiger partial charge in [0.1, 0.15) is 5.75 Å². The molecule has 0 amide bonds. The first-order chi connectivity index (χ1) is 5.24. The molecule has 0 spiro atoms. The minimum atomic E-state index is 0.310. The maximum absolute atomic E-state index is 9.34. The van der Waals surface area contributed by atoms with Crippen molar-refractivity contribution in [3.05, 3.63) is 42.3 Å². The molecule has 0 heterocycles. The van der Waals surface area contributed by atoms with E-state index in [9.17, 15) is 5.11 Å². The van der Waals surface area contributed by atoms with E-state index in [1.54, 1.807) is 18.2 Å². The quantitative estimate of drug-likeness (QED) is 0.647. The molecule has 1 nitrogen and oxygen atoms in total. The molecule has 0 saturated heterocycles. The Bertz CT molecular complexity index is 274. The summed E-state index contributed by atoms with van der Waals surface area (Å²) < 4.78 is 0. The summed E-state index contributed by atoms with van der Waals surface area (Å²) in [5.41, 5.74) is 1.87. The van der Waals surface area contributed by atoms with Crippen LogP contribution in [0.3, 0.4) is 0 Å². The maximum Gasteiger partial charge on any atom is 0.123 e. The lowest BCUT2D eigenvalue weighted by atomic mass is 10.1. The van der Waals surface area contributed by atoms with Gasteiger partial charge in [0.15, 0.2) is 0 Å². The van der Waals surface area contributed by atoms with Crippen LogP contribution in [-0.4, -0.2) is 5.11 Å². The number of benzene rings is 1. The third-order valence-corrected chi connectivity index (χ3v) is 1.48. The molecule has 0 saturated carbocycles. The summed E-state index contributed by atoms with van der Waals surface area (Å²) in [6.45, 7) is 5.49. The Morgan fingerprint density at radius 3 is 2.73 bits per heavy atom. The second-order valence-electron chi connectivity index (χ2n) is 2.46. The van der Waals surface area contributed by atoms with Crippen molar-refractivity contribution in [1.82, 2.24) is 0 Å². The highest BCUT2D eigenvalue weighted by molar-refractivity contribution is 5.57. The van der Waals surface area contributed by atoms with Gasteiger partial charge in [0.2, 0.25) is 0 Å². The molecule has 57 valence electrons. The average molecular weight is 147 g/mol. The fourth-order valence-electron chi connectivity index (χ4n) is 0.922. The first-order valence-corrected chi connectivity index (χ1v) is 3.49. The summed E-state index contributed by atoms with van der Waals surface area (Å²) in [6.07, 6.45) is 3.43. The summed E-state index contributed by atoms with van der Waals surface area (Å²) in [5, 5.41) is 9.34. The Morgan fingerprint density at radius 1 is 1.45 bits per heavy atom. The second-order valence-corrected chi connectivity index (χ2v) is 2.46. The Morgan fingerprint density at radius 2 is 2.18 bits per heavy atom. The summed E-state index contributed by atoms with van der Waals surface area (Å²) in [7, 11) is 0. The molecule has 1 heteroatoms. The third kappa shape index (κ3) is 1.84. The largest absolute Gasteiger partial charge is 0.507 e. The molecule has 0 atom stereocenters. The fourth-order valence-corrected chi connectivity index (χ4v) is 0.922. The van der Waals surface area contributed by atoms with Crippen molar-refractivity contribution in [2.75, 3.05) is 0 Å². The highest BCUT2D eigenvalue weighted by Crippen LogP contribution is 2.19. The van der Waals surface area contributed by atoms with Crippen LogP contribution in [0.15, 0.2) is 24.3 Å². The summed E-state index contributed by atoms with van der Waals surface area (Å²) in [5.74, 6) is 0.310. The van der Waals surface area contributed by atoms with E-state index in [2.05, 4.69) is 6.92 Å². The molecule has 0 unspecified atom stereocenters. The van der Waals surface area contributed by atoms with Crippen molar-refractivity contribution in [3.63, 3.8) is 0 Å². The molecule has 1 radical (unpaired) electrons. The van der Waals surface area contributed by atoms with Crippen LogP contribution in [0.5, 0.6) is 5.75 Å². The molecule has 1 N–H and O–H groups in total. The van der Waals surface area contributed by atoms with Gasteiger partial charge in [-0.1, -0.05) is 24.3 Å². The number of phenols is 1. The molecule has 0 fully saturated rings. The number of aromatic hydroxyl groups is 1. The number of hydrogen-bond donors (Lipinski definition) is 1. The molecule has 1 aromatic rings. The Labute approximate surface area is 67.0 Å². The zero-order valence-electron chi connectivity index (χ0n) is 6.54. The van der Waals surface area contributed by atoms with Crippen LogP contribution in [0.1, 0.15) is 11.1 Å². The van der Waals surface area contributed by atoms with Gasteiger partial charge in [0.05, 0.1) is 0 Å². The van der Waals surface area contributed by atoms with E-state index in [1.165, 1.54) is 0 Å². The molecule has 1 rings (SSSR count). The standard InChI is InChI=1S/C10H11O/c1-3-4-9-6-5-8(2)7-10(9)11/h3-7,11H,1H2,2H3. The molecule has 1 aromatic carbocycles. The number of rotatable bonds is 1. The van der Waals surface area contributed by atoms with Gasteiger partial charge in [-0.3, -0.25) is 0 Å². The molecular formula is C10H11O. The molecule has 0 aliphatic carbocycles. The number of allylic oxidation sites excluding steroid dienone is 1. The van der Waals surface area contributed by atoms with Crippen molar-refractivity contribution >= 4 is 6.08 Å². The summed E-state index contributed by atoms with van der Waals surface area (Å²) in [6, 6.07) is 5.55. The van der Waals surface area contributed by atoms with Gasteiger partial charge < -0.3 is 5.11 Å². The lowest BCUT2D eigenvalue weighted by molar-refractivity contribution is 0.473. The molecule has 0 aromatic heterocycles. The van der Waals surface area contributed by atoms with Crippen LogP contribution in [0.25, 0.3) is 6.08 Å². The third-order valence-electron chi connectivity index (χ3n) is 1.48. The van der Waals surface area contributed by atoms with Crippen LogP contribution in [-0.2, 0) is 0 Å². The predicted octanol–water partition coefficient (Wildman–Crippen LogP) is 2.55. The first kappa shape index (κ1) is 7.86. The molecule has 0 aliphatic rings. The monoisotopic (exact) mass is 147 g/mol. The number of hydrogen-bond acceptors (Lipinski definition) is 1. The van der Waals surface area contributed by atoms with E-state index in [0.717, 1.165) is 11.1 Å². The molecular weight excluding hydrogens is 136 g/mol. The van der Waals surface area contributed by atoms with Gasteiger partial charge >= 0.3 is 0 Å². The van der Waals surface area contributed by atoms with Crippen LogP contribution in [0.2, 0.25) is 0 Å². The topological polar surface area (TPSA) is 20.2 Å². The Balaban J connectivity index is 3.09. The van der Waals surface area contributed by atoms with Crippen LogP contribution in [0.4, 0.5) is 0 Å². The zero-order chi connectivity index (χ0) is 8.27. The Kier molecular flexibility index (Phi) is 2.32. The van der Waals surface area contributed by atoms with Crippen LogP contribution >= 0.6 is 0 Å². The second kappa shape index (κ2) is 3.24. The lowest BCUT2D eigenvalue weighted by Gasteiger charge is -1.98. The van der Waals surface area contributed by atoms with Gasteiger partial charge in [0, 0.05) is 5.56 Å². The Hall–Kier alpha value is -1.24. The van der Waals surface area contributed by atoms with Crippen molar-refractivity contribution in [2.24, 2.45) is 0 Å². The highest BCUT2D eigenvalue weighted by atomic mass is 16.3. The number of phenolic OH excluding ortho intramolecular Hbond substituents is 1. The van der Waals surface area contributed by atoms with Crippen molar-refractivity contribution in [1.29, 1.82) is 0 Å². The number of aryl methyl sites for hydroxylation is 1. The fraction of sp³-hybridized carbons (Fsp3) is 0.100. The van der Waals surface area contributed by atoms with Crippen LogP contribution < -0.4 is 0 Å². The zero-order valence-corrected chi connectivity index (χ0v) is 6.54. The van der Waals surface area contributed by atoms with Crippen molar-refractivity contribution in [2.45, 2.75) is 6.92 Å². The van der Waals surface area contributed by atoms with Gasteiger partial charge in [0.25, 0.3) is 0 Å². The van der Waals surface area contributed by atoms with E-state index in [4.69, 9.17) is 0 Å². The van der Waals surface area contributed by atoms with Gasteiger partial charge in [-0.15, -0.1) is 0 Å². The average Bonchev–Trinajstić information content (AvgIpc) is 1.95. The van der Waals surface area contributed by atoms with Crippen LogP contribution in [0, 0.1) is 13.8 Å². The minimum Gasteiger partial charge on any atom is -0.507 e. The van der Waals surface area contributed by atoms with Crippen molar-refractivity contribution in [3.8, 4) is 5.75 Å². The summed E-state index contributed by atoms with van der Waals surface area (Å²) in [4.78, 5) is 0. The van der Waals surface area contributed by atoms with E-state index in [1.807, 2.05) is 19.1 Å². The van der Waals surface area contributed by atoms with E-state index < -0.39 is 0 Å². The first-order valence-electron chi connectivity index (χ1n) is 3.49. The molecule has 11 heavy (non-hydrogen) atoms.